The summed E-state index contributed by atoms with van der Waals surface area (Å²) in [4.78, 5) is 18.1. The van der Waals surface area contributed by atoms with Gasteiger partial charge in [-0.3, -0.25) is 9.78 Å². The second kappa shape index (κ2) is 9.45. The Kier molecular flexibility index (Phi) is 6.74. The zero-order valence-electron chi connectivity index (χ0n) is 15.7. The summed E-state index contributed by atoms with van der Waals surface area (Å²) < 4.78 is 11.2. The van der Waals surface area contributed by atoms with Gasteiger partial charge in [0, 0.05) is 27.4 Å². The maximum atomic E-state index is 11.4. The fourth-order valence-corrected chi connectivity index (χ4v) is 3.01. The molecule has 3 aromatic rings. The zero-order chi connectivity index (χ0) is 20.8. The molecule has 9 heteroatoms. The summed E-state index contributed by atoms with van der Waals surface area (Å²) in [6, 6.07) is 12.0. The smallest absolute Gasteiger partial charge is 0.252 e. The Morgan fingerprint density at radius 1 is 1.17 bits per heavy atom. The number of rotatable bonds is 7. The standard InChI is InChI=1S/C20H18Cl2N4O3/c1-12-8-19(27)25-20(24-12)26-23-10-13-6-7-17(18(9-13)28-2)29-11-14-15(21)4-3-5-16(14)22/h3-10H,11H2,1-2H3,(H2,24,25,26,27). The highest BCUT2D eigenvalue weighted by Crippen LogP contribution is 2.31. The van der Waals surface area contributed by atoms with E-state index in [0.29, 0.717) is 32.8 Å². The van der Waals surface area contributed by atoms with Gasteiger partial charge >= 0.3 is 0 Å². The van der Waals surface area contributed by atoms with Crippen molar-refractivity contribution in [2.45, 2.75) is 13.5 Å². The number of methoxy groups -OCH3 is 1. The van der Waals surface area contributed by atoms with E-state index < -0.39 is 0 Å². The lowest BCUT2D eigenvalue weighted by Crippen LogP contribution is -2.10. The maximum absolute atomic E-state index is 11.4. The van der Waals surface area contributed by atoms with Crippen LogP contribution >= 0.6 is 23.2 Å². The fourth-order valence-electron chi connectivity index (χ4n) is 2.50. The average molecular weight is 433 g/mol. The van der Waals surface area contributed by atoms with Crippen molar-refractivity contribution in [3.8, 4) is 11.5 Å². The van der Waals surface area contributed by atoms with Crippen LogP contribution < -0.4 is 20.5 Å². The minimum atomic E-state index is -0.253. The third kappa shape index (κ3) is 5.49. The number of aromatic nitrogens is 2. The van der Waals surface area contributed by atoms with Gasteiger partial charge in [0.1, 0.15) is 6.61 Å². The van der Waals surface area contributed by atoms with Crippen molar-refractivity contribution in [1.29, 1.82) is 0 Å². The molecule has 2 N–H and O–H groups in total. The Bertz CT molecular complexity index is 1080. The van der Waals surface area contributed by atoms with Gasteiger partial charge in [0.15, 0.2) is 11.5 Å². The second-order valence-corrected chi connectivity index (χ2v) is 6.82. The van der Waals surface area contributed by atoms with Crippen LogP contribution in [0.3, 0.4) is 0 Å². The van der Waals surface area contributed by atoms with Crippen LogP contribution in [0.2, 0.25) is 10.0 Å². The lowest BCUT2D eigenvalue weighted by molar-refractivity contribution is 0.284. The predicted molar refractivity (Wildman–Crippen MR) is 115 cm³/mol. The maximum Gasteiger partial charge on any atom is 0.252 e. The van der Waals surface area contributed by atoms with E-state index in [2.05, 4.69) is 20.5 Å². The molecule has 0 atom stereocenters. The Balaban J connectivity index is 1.70. The van der Waals surface area contributed by atoms with Gasteiger partial charge in [-0.2, -0.15) is 5.10 Å². The molecule has 1 heterocycles. The van der Waals surface area contributed by atoms with Gasteiger partial charge < -0.3 is 9.47 Å². The number of aromatic amines is 1. The molecule has 0 radical (unpaired) electrons. The first kappa shape index (κ1) is 20.7. The van der Waals surface area contributed by atoms with Crippen molar-refractivity contribution in [2.75, 3.05) is 12.5 Å². The molecule has 1 aromatic heterocycles. The predicted octanol–water partition coefficient (Wildman–Crippen LogP) is 4.42. The first-order valence-corrected chi connectivity index (χ1v) is 9.32. The molecule has 0 amide bonds. The highest BCUT2D eigenvalue weighted by atomic mass is 35.5. The number of ether oxygens (including phenoxy) is 2. The highest BCUT2D eigenvalue weighted by Gasteiger charge is 2.10. The Morgan fingerprint density at radius 3 is 2.62 bits per heavy atom. The third-order valence-corrected chi connectivity index (χ3v) is 4.58. The van der Waals surface area contributed by atoms with E-state index in [-0.39, 0.29) is 18.1 Å². The van der Waals surface area contributed by atoms with Gasteiger partial charge in [0.2, 0.25) is 5.95 Å². The molecule has 29 heavy (non-hydrogen) atoms. The number of halogens is 2. The topological polar surface area (TPSA) is 88.6 Å². The van der Waals surface area contributed by atoms with Gasteiger partial charge in [-0.25, -0.2) is 10.4 Å². The number of nitrogens with one attached hydrogen (secondary N) is 2. The molecular formula is C20H18Cl2N4O3. The number of hydrogen-bond acceptors (Lipinski definition) is 6. The van der Waals surface area contributed by atoms with Gasteiger partial charge in [0.25, 0.3) is 5.56 Å². The van der Waals surface area contributed by atoms with E-state index in [1.807, 2.05) is 6.07 Å². The van der Waals surface area contributed by atoms with Crippen LogP contribution in [-0.4, -0.2) is 23.3 Å². The highest BCUT2D eigenvalue weighted by molar-refractivity contribution is 6.35. The molecule has 0 aliphatic rings. The van der Waals surface area contributed by atoms with Crippen molar-refractivity contribution < 1.29 is 9.47 Å². The molecule has 0 saturated carbocycles. The number of hydrazone groups is 1. The van der Waals surface area contributed by atoms with Crippen LogP contribution in [-0.2, 0) is 6.61 Å². The molecule has 7 nitrogen and oxygen atoms in total. The van der Waals surface area contributed by atoms with Crippen molar-refractivity contribution in [2.24, 2.45) is 5.10 Å². The van der Waals surface area contributed by atoms with E-state index >= 15 is 0 Å². The van der Waals surface area contributed by atoms with Crippen LogP contribution in [0.15, 0.2) is 52.4 Å². The number of aryl methyl sites for hydroxylation is 1. The van der Waals surface area contributed by atoms with Gasteiger partial charge in [-0.1, -0.05) is 29.3 Å². The molecule has 0 unspecified atom stereocenters. The Morgan fingerprint density at radius 2 is 1.93 bits per heavy atom. The largest absolute Gasteiger partial charge is 0.493 e. The molecule has 0 aliphatic heterocycles. The van der Waals surface area contributed by atoms with Crippen molar-refractivity contribution in [3.63, 3.8) is 0 Å². The van der Waals surface area contributed by atoms with Gasteiger partial charge in [-0.05, 0) is 42.8 Å². The van der Waals surface area contributed by atoms with Crippen molar-refractivity contribution in [3.05, 3.63) is 79.7 Å². The number of H-pyrrole nitrogens is 1. The summed E-state index contributed by atoms with van der Waals surface area (Å²) in [5, 5.41) is 5.15. The second-order valence-electron chi connectivity index (χ2n) is 6.00. The van der Waals surface area contributed by atoms with Gasteiger partial charge in [-0.15, -0.1) is 0 Å². The number of nitrogens with zero attached hydrogens (tertiary/aromatic N) is 2. The Labute approximate surface area is 177 Å². The molecule has 0 aliphatic carbocycles. The lowest BCUT2D eigenvalue weighted by Gasteiger charge is -2.13. The molecule has 0 fully saturated rings. The first-order chi connectivity index (χ1) is 14.0. The van der Waals surface area contributed by atoms with Crippen LogP contribution in [0.1, 0.15) is 16.8 Å². The zero-order valence-corrected chi connectivity index (χ0v) is 17.2. The quantitative estimate of drug-likeness (QED) is 0.426. The van der Waals surface area contributed by atoms with E-state index in [9.17, 15) is 4.79 Å². The van der Waals surface area contributed by atoms with Crippen LogP contribution in [0.5, 0.6) is 11.5 Å². The van der Waals surface area contributed by atoms with Crippen LogP contribution in [0.25, 0.3) is 0 Å². The fraction of sp³-hybridized carbons (Fsp3) is 0.150. The van der Waals surface area contributed by atoms with E-state index in [1.54, 1.807) is 50.6 Å². The molecular weight excluding hydrogens is 415 g/mol. The third-order valence-electron chi connectivity index (χ3n) is 3.88. The van der Waals surface area contributed by atoms with E-state index in [0.717, 1.165) is 5.56 Å². The van der Waals surface area contributed by atoms with Crippen molar-refractivity contribution >= 4 is 35.4 Å². The van der Waals surface area contributed by atoms with Crippen LogP contribution in [0, 0.1) is 6.92 Å². The molecule has 0 bridgehead atoms. The van der Waals surface area contributed by atoms with Crippen molar-refractivity contribution in [1.82, 2.24) is 9.97 Å². The molecule has 0 saturated heterocycles. The molecule has 3 rings (SSSR count). The number of benzene rings is 2. The SMILES string of the molecule is COc1cc(C=NNc2nc(C)cc(=O)[nH]2)ccc1OCc1c(Cl)cccc1Cl. The summed E-state index contributed by atoms with van der Waals surface area (Å²) in [7, 11) is 1.55. The summed E-state index contributed by atoms with van der Waals surface area (Å²) in [6.45, 7) is 1.93. The molecule has 2 aromatic carbocycles. The first-order valence-electron chi connectivity index (χ1n) is 8.57. The summed E-state index contributed by atoms with van der Waals surface area (Å²) >= 11 is 12.3. The number of anilines is 1. The van der Waals surface area contributed by atoms with E-state index in [1.165, 1.54) is 6.07 Å². The van der Waals surface area contributed by atoms with Gasteiger partial charge in [0.05, 0.1) is 13.3 Å². The Hall–Kier alpha value is -3.03. The average Bonchev–Trinajstić information content (AvgIpc) is 2.67. The van der Waals surface area contributed by atoms with Crippen LogP contribution in [0.4, 0.5) is 5.95 Å². The van der Waals surface area contributed by atoms with E-state index in [4.69, 9.17) is 32.7 Å². The minimum absolute atomic E-state index is 0.205. The minimum Gasteiger partial charge on any atom is -0.493 e. The monoisotopic (exact) mass is 432 g/mol. The molecule has 0 spiro atoms. The molecule has 150 valence electrons. The number of hydrogen-bond donors (Lipinski definition) is 2. The summed E-state index contributed by atoms with van der Waals surface area (Å²) in [6.07, 6.45) is 1.57. The summed E-state index contributed by atoms with van der Waals surface area (Å²) in [5.41, 5.74) is 4.48. The normalized spacial score (nSPS) is 10.9. The summed E-state index contributed by atoms with van der Waals surface area (Å²) in [5.74, 6) is 1.33. The lowest BCUT2D eigenvalue weighted by atomic mass is 10.2.